The Morgan fingerprint density at radius 1 is 1.57 bits per heavy atom. The average molecular weight is 211 g/mol. The Labute approximate surface area is 89.7 Å². The third-order valence-corrected chi connectivity index (χ3v) is 3.32. The molecule has 2 atom stereocenters. The zero-order chi connectivity index (χ0) is 10.1. The van der Waals surface area contributed by atoms with E-state index in [4.69, 9.17) is 11.6 Å². The molecule has 2 nitrogen and oxygen atoms in total. The summed E-state index contributed by atoms with van der Waals surface area (Å²) in [4.78, 5) is 0. The lowest BCUT2D eigenvalue weighted by Gasteiger charge is -2.18. The van der Waals surface area contributed by atoms with Crippen LogP contribution in [-0.4, -0.2) is 19.6 Å². The first-order valence-corrected chi connectivity index (χ1v) is 5.31. The second-order valence-corrected chi connectivity index (χ2v) is 4.18. The first-order valence-electron chi connectivity index (χ1n) is 4.93. The molecular formula is C11H15ClN2. The minimum absolute atomic E-state index is 0.474. The van der Waals surface area contributed by atoms with Crippen LogP contribution in [0.25, 0.3) is 0 Å². The predicted octanol–water partition coefficient (Wildman–Crippen LogP) is 2.46. The first kappa shape index (κ1) is 9.81. The molecule has 1 aromatic carbocycles. The van der Waals surface area contributed by atoms with Gasteiger partial charge in [-0.1, -0.05) is 23.7 Å². The molecule has 1 aliphatic heterocycles. The van der Waals surface area contributed by atoms with Gasteiger partial charge < -0.3 is 10.6 Å². The largest absolute Gasteiger partial charge is 0.383 e. The molecule has 3 heteroatoms. The van der Waals surface area contributed by atoms with Crippen LogP contribution in [0.3, 0.4) is 0 Å². The fraction of sp³-hybridized carbons (Fsp3) is 0.455. The molecule has 2 unspecified atom stereocenters. The third kappa shape index (κ3) is 1.49. The molecule has 0 saturated heterocycles. The van der Waals surface area contributed by atoms with Crippen LogP contribution in [0, 0.1) is 0 Å². The smallest absolute Gasteiger partial charge is 0.0640 e. The summed E-state index contributed by atoms with van der Waals surface area (Å²) in [5, 5.41) is 7.47. The Morgan fingerprint density at radius 3 is 3.07 bits per heavy atom. The Morgan fingerprint density at radius 2 is 2.36 bits per heavy atom. The van der Waals surface area contributed by atoms with E-state index < -0.39 is 0 Å². The number of hydrogen-bond donors (Lipinski definition) is 2. The molecule has 0 spiro atoms. The van der Waals surface area contributed by atoms with Crippen molar-refractivity contribution in [3.63, 3.8) is 0 Å². The van der Waals surface area contributed by atoms with Crippen molar-refractivity contribution in [3.8, 4) is 0 Å². The van der Waals surface area contributed by atoms with E-state index in [9.17, 15) is 0 Å². The highest BCUT2D eigenvalue weighted by molar-refractivity contribution is 6.33. The Balaban J connectivity index is 2.35. The molecule has 0 fully saturated rings. The van der Waals surface area contributed by atoms with E-state index in [0.717, 1.165) is 17.3 Å². The molecule has 0 aromatic heterocycles. The van der Waals surface area contributed by atoms with Crippen LogP contribution in [-0.2, 0) is 0 Å². The van der Waals surface area contributed by atoms with E-state index in [-0.39, 0.29) is 0 Å². The van der Waals surface area contributed by atoms with Gasteiger partial charge >= 0.3 is 0 Å². The van der Waals surface area contributed by atoms with Crippen LogP contribution in [0.2, 0.25) is 5.02 Å². The zero-order valence-electron chi connectivity index (χ0n) is 8.47. The highest BCUT2D eigenvalue weighted by Gasteiger charge is 2.27. The van der Waals surface area contributed by atoms with Gasteiger partial charge in [0.15, 0.2) is 0 Å². The normalized spacial score (nSPS) is 21.5. The maximum absolute atomic E-state index is 6.10. The topological polar surface area (TPSA) is 24.1 Å². The molecule has 1 heterocycles. The molecule has 0 aliphatic carbocycles. The van der Waals surface area contributed by atoms with Crippen LogP contribution in [0.1, 0.15) is 18.4 Å². The van der Waals surface area contributed by atoms with Gasteiger partial charge in [-0.25, -0.2) is 0 Å². The van der Waals surface area contributed by atoms with E-state index in [1.54, 1.807) is 0 Å². The summed E-state index contributed by atoms with van der Waals surface area (Å²) < 4.78 is 0. The van der Waals surface area contributed by atoms with Gasteiger partial charge in [-0.3, -0.25) is 0 Å². The number of hydrogen-bond acceptors (Lipinski definition) is 2. The van der Waals surface area contributed by atoms with Gasteiger partial charge in [0, 0.05) is 18.5 Å². The number of para-hydroxylation sites is 1. The maximum atomic E-state index is 6.10. The van der Waals surface area contributed by atoms with Gasteiger partial charge in [0.25, 0.3) is 0 Å². The average Bonchev–Trinajstić information content (AvgIpc) is 2.62. The van der Waals surface area contributed by atoms with Crippen LogP contribution < -0.4 is 10.6 Å². The summed E-state index contributed by atoms with van der Waals surface area (Å²) in [5.41, 5.74) is 2.45. The molecule has 76 valence electrons. The van der Waals surface area contributed by atoms with Gasteiger partial charge in [-0.05, 0) is 25.6 Å². The maximum Gasteiger partial charge on any atom is 0.0640 e. The molecule has 0 radical (unpaired) electrons. The van der Waals surface area contributed by atoms with Crippen molar-refractivity contribution in [2.45, 2.75) is 18.9 Å². The van der Waals surface area contributed by atoms with E-state index >= 15 is 0 Å². The van der Waals surface area contributed by atoms with Gasteiger partial charge in [0.1, 0.15) is 0 Å². The molecular weight excluding hydrogens is 196 g/mol. The van der Waals surface area contributed by atoms with E-state index in [0.29, 0.717) is 12.0 Å². The summed E-state index contributed by atoms with van der Waals surface area (Å²) in [7, 11) is 1.99. The standard InChI is InChI=1S/C11H15ClN2/c1-7(13-2)9-6-14-11-8(9)4-3-5-10(11)12/h3-5,7,9,13-14H,6H2,1-2H3. The molecule has 1 aliphatic rings. The monoisotopic (exact) mass is 210 g/mol. The quantitative estimate of drug-likeness (QED) is 0.784. The molecule has 14 heavy (non-hydrogen) atoms. The van der Waals surface area contributed by atoms with Crippen LogP contribution in [0.4, 0.5) is 5.69 Å². The number of anilines is 1. The fourth-order valence-electron chi connectivity index (χ4n) is 2.01. The number of halogens is 1. The highest BCUT2D eigenvalue weighted by atomic mass is 35.5. The molecule has 2 N–H and O–H groups in total. The molecule has 2 rings (SSSR count). The van der Waals surface area contributed by atoms with E-state index in [2.05, 4.69) is 23.6 Å². The predicted molar refractivity (Wildman–Crippen MR) is 61.2 cm³/mol. The number of rotatable bonds is 2. The number of likely N-dealkylation sites (N-methyl/N-ethyl adjacent to an activating group) is 1. The van der Waals surface area contributed by atoms with Crippen molar-refractivity contribution in [1.29, 1.82) is 0 Å². The Bertz CT molecular complexity index is 338. The number of nitrogens with one attached hydrogen (secondary N) is 2. The van der Waals surface area contributed by atoms with Crippen molar-refractivity contribution < 1.29 is 0 Å². The SMILES string of the molecule is CNC(C)C1CNc2c(Cl)cccc21. The fourth-order valence-corrected chi connectivity index (χ4v) is 2.25. The van der Waals surface area contributed by atoms with Crippen LogP contribution in [0.15, 0.2) is 18.2 Å². The second-order valence-electron chi connectivity index (χ2n) is 3.77. The summed E-state index contributed by atoms with van der Waals surface area (Å²) in [5.74, 6) is 0.522. The van der Waals surface area contributed by atoms with Crippen molar-refractivity contribution in [2.24, 2.45) is 0 Å². The number of fused-ring (bicyclic) bond motifs is 1. The van der Waals surface area contributed by atoms with Crippen molar-refractivity contribution in [2.75, 3.05) is 18.9 Å². The van der Waals surface area contributed by atoms with Gasteiger partial charge in [0.05, 0.1) is 10.7 Å². The lowest BCUT2D eigenvalue weighted by atomic mass is 9.95. The van der Waals surface area contributed by atoms with Crippen molar-refractivity contribution in [1.82, 2.24) is 5.32 Å². The van der Waals surface area contributed by atoms with Crippen molar-refractivity contribution >= 4 is 17.3 Å². The summed E-state index contributed by atoms with van der Waals surface area (Å²) >= 11 is 6.10. The molecule has 0 saturated carbocycles. The Hall–Kier alpha value is -0.730. The lowest BCUT2D eigenvalue weighted by molar-refractivity contribution is 0.523. The lowest BCUT2D eigenvalue weighted by Crippen LogP contribution is -2.29. The van der Waals surface area contributed by atoms with Crippen LogP contribution >= 0.6 is 11.6 Å². The third-order valence-electron chi connectivity index (χ3n) is 3.00. The second kappa shape index (κ2) is 3.79. The highest BCUT2D eigenvalue weighted by Crippen LogP contribution is 2.38. The van der Waals surface area contributed by atoms with Gasteiger partial charge in [0.2, 0.25) is 0 Å². The molecule has 1 aromatic rings. The van der Waals surface area contributed by atoms with E-state index in [1.165, 1.54) is 5.56 Å². The van der Waals surface area contributed by atoms with Crippen LogP contribution in [0.5, 0.6) is 0 Å². The van der Waals surface area contributed by atoms with E-state index in [1.807, 2.05) is 19.2 Å². The van der Waals surface area contributed by atoms with Gasteiger partial charge in [-0.15, -0.1) is 0 Å². The minimum Gasteiger partial charge on any atom is -0.383 e. The zero-order valence-corrected chi connectivity index (χ0v) is 9.23. The van der Waals surface area contributed by atoms with Crippen molar-refractivity contribution in [3.05, 3.63) is 28.8 Å². The minimum atomic E-state index is 0.474. The molecule has 0 bridgehead atoms. The summed E-state index contributed by atoms with van der Waals surface area (Å²) in [6, 6.07) is 6.57. The summed E-state index contributed by atoms with van der Waals surface area (Å²) in [6.45, 7) is 3.17. The Kier molecular flexibility index (Phi) is 2.66. The summed E-state index contributed by atoms with van der Waals surface area (Å²) in [6.07, 6.45) is 0. The number of benzene rings is 1. The molecule has 0 amide bonds. The van der Waals surface area contributed by atoms with Gasteiger partial charge in [-0.2, -0.15) is 0 Å². The first-order chi connectivity index (χ1) is 6.74.